The highest BCUT2D eigenvalue weighted by Crippen LogP contribution is 2.40. The van der Waals surface area contributed by atoms with E-state index >= 15 is 0 Å². The summed E-state index contributed by atoms with van der Waals surface area (Å²) < 4.78 is 27.1. The monoisotopic (exact) mass is 418 g/mol. The Hall–Kier alpha value is -2.59. The molecule has 3 N–H and O–H groups in total. The smallest absolute Gasteiger partial charge is 0.231 e. The molecule has 10 heteroatoms. The van der Waals surface area contributed by atoms with Crippen LogP contribution < -0.4 is 20.5 Å². The van der Waals surface area contributed by atoms with Crippen LogP contribution >= 0.6 is 11.8 Å². The van der Waals surface area contributed by atoms with Crippen molar-refractivity contribution in [1.82, 2.24) is 24.8 Å². The lowest BCUT2D eigenvalue weighted by molar-refractivity contribution is 0.173. The van der Waals surface area contributed by atoms with Crippen molar-refractivity contribution in [3.63, 3.8) is 0 Å². The average molecular weight is 418 g/mol. The summed E-state index contributed by atoms with van der Waals surface area (Å²) in [7, 11) is 0. The molecule has 0 atom stereocenters. The number of rotatable bonds is 6. The van der Waals surface area contributed by atoms with E-state index in [-0.39, 0.29) is 12.2 Å². The molecule has 29 heavy (non-hydrogen) atoms. The van der Waals surface area contributed by atoms with Gasteiger partial charge in [-0.1, -0.05) is 20.8 Å². The Kier molecular flexibility index (Phi) is 5.22. The summed E-state index contributed by atoms with van der Waals surface area (Å²) in [6, 6.07) is 2.95. The first-order chi connectivity index (χ1) is 13.8. The normalized spacial score (nSPS) is 13.4. The molecule has 0 amide bonds. The van der Waals surface area contributed by atoms with Gasteiger partial charge in [-0.15, -0.1) is 0 Å². The minimum atomic E-state index is -0.400. The molecule has 0 unspecified atom stereocenters. The van der Waals surface area contributed by atoms with E-state index in [1.807, 2.05) is 4.57 Å². The zero-order valence-electron chi connectivity index (χ0n) is 16.5. The van der Waals surface area contributed by atoms with Crippen molar-refractivity contribution in [3.05, 3.63) is 24.3 Å². The van der Waals surface area contributed by atoms with Crippen LogP contribution in [-0.4, -0.2) is 39.4 Å². The number of imidazole rings is 1. The first-order valence-electron chi connectivity index (χ1n) is 9.26. The number of nitrogens with one attached hydrogen (secondary N) is 1. The predicted octanol–water partition coefficient (Wildman–Crippen LogP) is 3.06. The molecule has 0 saturated heterocycles. The van der Waals surface area contributed by atoms with Crippen LogP contribution in [0.4, 0.5) is 10.2 Å². The summed E-state index contributed by atoms with van der Waals surface area (Å²) in [5, 5.41) is 4.02. The number of fused-ring (bicyclic) bond motifs is 2. The predicted molar refractivity (Wildman–Crippen MR) is 109 cm³/mol. The summed E-state index contributed by atoms with van der Waals surface area (Å²) in [6.45, 7) is 8.79. The quantitative estimate of drug-likeness (QED) is 0.589. The van der Waals surface area contributed by atoms with Gasteiger partial charge in [-0.2, -0.15) is 0 Å². The van der Waals surface area contributed by atoms with Crippen molar-refractivity contribution in [3.8, 4) is 11.5 Å². The highest BCUT2D eigenvalue weighted by molar-refractivity contribution is 7.99. The van der Waals surface area contributed by atoms with E-state index in [4.69, 9.17) is 15.2 Å². The molecule has 1 aromatic carbocycles. The van der Waals surface area contributed by atoms with Crippen molar-refractivity contribution in [2.75, 3.05) is 25.6 Å². The molecule has 1 aliphatic heterocycles. The maximum Gasteiger partial charge on any atom is 0.231 e. The van der Waals surface area contributed by atoms with Crippen molar-refractivity contribution in [2.45, 2.75) is 37.4 Å². The molecular weight excluding hydrogens is 395 g/mol. The minimum Gasteiger partial charge on any atom is -0.454 e. The Balaban J connectivity index is 1.64. The van der Waals surface area contributed by atoms with E-state index in [0.29, 0.717) is 51.6 Å². The van der Waals surface area contributed by atoms with E-state index < -0.39 is 5.82 Å². The van der Waals surface area contributed by atoms with Crippen molar-refractivity contribution in [2.24, 2.45) is 5.41 Å². The summed E-state index contributed by atoms with van der Waals surface area (Å²) in [5.74, 6) is 0.816. The third-order valence-corrected chi connectivity index (χ3v) is 5.35. The molecular formula is C19H23FN6O2S. The lowest BCUT2D eigenvalue weighted by Crippen LogP contribution is -2.29. The number of benzene rings is 1. The van der Waals surface area contributed by atoms with Crippen LogP contribution in [0.3, 0.4) is 0 Å². The standard InChI is InChI=1S/C19H23FN6O2S/c1-19(2,3)8-22-4-5-26-17-15(16(21)23-9-24-17)25-18(26)29-14-7-13-12(6-11(14)20)27-10-28-13/h6-7,9,22H,4-5,8,10H2,1-3H3,(H2,21,23,24). The fourth-order valence-electron chi connectivity index (χ4n) is 2.94. The summed E-state index contributed by atoms with van der Waals surface area (Å²) >= 11 is 1.20. The number of hydrogen-bond acceptors (Lipinski definition) is 8. The first-order valence-corrected chi connectivity index (χ1v) is 10.1. The fourth-order valence-corrected chi connectivity index (χ4v) is 3.89. The van der Waals surface area contributed by atoms with Crippen molar-refractivity contribution in [1.29, 1.82) is 0 Å². The number of hydrogen-bond donors (Lipinski definition) is 2. The van der Waals surface area contributed by atoms with Gasteiger partial charge in [0.05, 0.1) is 4.90 Å². The molecule has 154 valence electrons. The van der Waals surface area contributed by atoms with Crippen LogP contribution in [0.2, 0.25) is 0 Å². The SMILES string of the molecule is CC(C)(C)CNCCn1c(Sc2cc3c(cc2F)OCO3)nc2c(N)ncnc21. The van der Waals surface area contributed by atoms with Gasteiger partial charge in [0.15, 0.2) is 33.6 Å². The topological polar surface area (TPSA) is 100 Å². The zero-order valence-corrected chi connectivity index (χ0v) is 17.3. The van der Waals surface area contributed by atoms with Gasteiger partial charge >= 0.3 is 0 Å². The highest BCUT2D eigenvalue weighted by Gasteiger charge is 2.21. The molecule has 1 aliphatic rings. The molecule has 0 aliphatic carbocycles. The minimum absolute atomic E-state index is 0.0903. The van der Waals surface area contributed by atoms with E-state index in [0.717, 1.165) is 6.54 Å². The Bertz CT molecular complexity index is 1050. The molecule has 3 aromatic rings. The number of nitrogens with two attached hydrogens (primary N) is 1. The number of nitrogen functional groups attached to an aromatic ring is 1. The van der Waals surface area contributed by atoms with Gasteiger partial charge in [0.2, 0.25) is 6.79 Å². The Morgan fingerprint density at radius 2 is 2.00 bits per heavy atom. The van der Waals surface area contributed by atoms with Gasteiger partial charge < -0.3 is 25.1 Å². The third-order valence-electron chi connectivity index (χ3n) is 4.32. The van der Waals surface area contributed by atoms with Gasteiger partial charge in [-0.25, -0.2) is 19.3 Å². The lowest BCUT2D eigenvalue weighted by Gasteiger charge is -2.19. The molecule has 0 bridgehead atoms. The third kappa shape index (κ3) is 4.23. The molecule has 0 spiro atoms. The molecule has 3 heterocycles. The van der Waals surface area contributed by atoms with Crippen LogP contribution in [0.25, 0.3) is 11.2 Å². The summed E-state index contributed by atoms with van der Waals surface area (Å²) in [4.78, 5) is 13.3. The number of anilines is 1. The molecule has 0 saturated carbocycles. The number of halogens is 1. The summed E-state index contributed by atoms with van der Waals surface area (Å²) in [6.07, 6.45) is 1.41. The average Bonchev–Trinajstić information content (AvgIpc) is 3.23. The van der Waals surface area contributed by atoms with Gasteiger partial charge in [-0.05, 0) is 17.2 Å². The molecule has 8 nitrogen and oxygen atoms in total. The lowest BCUT2D eigenvalue weighted by atomic mass is 9.97. The maximum absolute atomic E-state index is 14.6. The van der Waals surface area contributed by atoms with E-state index in [1.54, 1.807) is 6.07 Å². The van der Waals surface area contributed by atoms with Crippen LogP contribution in [0.15, 0.2) is 28.5 Å². The second kappa shape index (κ2) is 7.68. The van der Waals surface area contributed by atoms with Gasteiger partial charge in [0.25, 0.3) is 0 Å². The Labute approximate surface area is 172 Å². The second-order valence-corrected chi connectivity index (χ2v) is 8.96. The fraction of sp³-hybridized carbons (Fsp3) is 0.421. The number of nitrogens with zero attached hydrogens (tertiary/aromatic N) is 4. The number of aromatic nitrogens is 4. The Morgan fingerprint density at radius 1 is 1.24 bits per heavy atom. The molecule has 0 radical (unpaired) electrons. The largest absolute Gasteiger partial charge is 0.454 e. The first kappa shape index (κ1) is 19.7. The van der Waals surface area contributed by atoms with Gasteiger partial charge in [0.1, 0.15) is 12.1 Å². The van der Waals surface area contributed by atoms with E-state index in [9.17, 15) is 4.39 Å². The van der Waals surface area contributed by atoms with Gasteiger partial charge in [0, 0.05) is 31.8 Å². The highest BCUT2D eigenvalue weighted by atomic mass is 32.2. The van der Waals surface area contributed by atoms with Gasteiger partial charge in [-0.3, -0.25) is 0 Å². The second-order valence-electron chi connectivity index (χ2n) is 7.95. The van der Waals surface area contributed by atoms with Crippen molar-refractivity contribution >= 4 is 28.7 Å². The molecule has 2 aromatic heterocycles. The molecule has 4 rings (SSSR count). The van der Waals surface area contributed by atoms with E-state index in [1.165, 1.54) is 24.2 Å². The van der Waals surface area contributed by atoms with Crippen LogP contribution in [0.1, 0.15) is 20.8 Å². The number of ether oxygens (including phenoxy) is 2. The van der Waals surface area contributed by atoms with Crippen LogP contribution in [0.5, 0.6) is 11.5 Å². The maximum atomic E-state index is 14.6. The van der Waals surface area contributed by atoms with Crippen LogP contribution in [-0.2, 0) is 6.54 Å². The zero-order chi connectivity index (χ0) is 20.6. The van der Waals surface area contributed by atoms with E-state index in [2.05, 4.69) is 41.0 Å². The molecule has 0 fully saturated rings. The van der Waals surface area contributed by atoms with Crippen molar-refractivity contribution < 1.29 is 13.9 Å². The van der Waals surface area contributed by atoms with Crippen LogP contribution in [0, 0.1) is 11.2 Å². The Morgan fingerprint density at radius 3 is 2.76 bits per heavy atom. The summed E-state index contributed by atoms with van der Waals surface area (Å²) in [5.41, 5.74) is 7.29.